The van der Waals surface area contributed by atoms with E-state index in [-0.39, 0.29) is 5.56 Å². The van der Waals surface area contributed by atoms with Gasteiger partial charge in [0.25, 0.3) is 5.56 Å². The van der Waals surface area contributed by atoms with E-state index in [1.54, 1.807) is 6.33 Å². The summed E-state index contributed by atoms with van der Waals surface area (Å²) in [7, 11) is 0. The summed E-state index contributed by atoms with van der Waals surface area (Å²) in [5, 5.41) is 2.71. The minimum absolute atomic E-state index is 0.120. The van der Waals surface area contributed by atoms with Crippen molar-refractivity contribution in [3.63, 3.8) is 0 Å². The third kappa shape index (κ3) is 2.86. The first kappa shape index (κ1) is 16.7. The molecule has 5 aromatic rings. The molecule has 0 saturated heterocycles. The average molecular weight is 381 g/mol. The number of aromatic nitrogens is 3. The zero-order chi connectivity index (χ0) is 18.9. The number of para-hydroxylation sites is 2. The van der Waals surface area contributed by atoms with Gasteiger partial charge in [0.2, 0.25) is 0 Å². The molecular weight excluding hydrogens is 366 g/mol. The number of nitrogens with zero attached hydrogens (tertiary/aromatic N) is 2. The molecule has 0 bridgehead atoms. The van der Waals surface area contributed by atoms with Gasteiger partial charge in [0.15, 0.2) is 0 Å². The number of H-pyrrole nitrogens is 1. The second kappa shape index (κ2) is 6.94. The van der Waals surface area contributed by atoms with Crippen molar-refractivity contribution in [3.05, 3.63) is 95.5 Å². The van der Waals surface area contributed by atoms with Crippen LogP contribution in [0.2, 0.25) is 0 Å². The molecule has 28 heavy (non-hydrogen) atoms. The first-order valence-corrected chi connectivity index (χ1v) is 9.71. The Bertz CT molecular complexity index is 1360. The van der Waals surface area contributed by atoms with Crippen molar-refractivity contribution in [2.45, 2.75) is 9.92 Å². The number of nitrogens with one attached hydrogen (secondary N) is 1. The highest BCUT2D eigenvalue weighted by Crippen LogP contribution is 2.38. The van der Waals surface area contributed by atoms with Gasteiger partial charge in [0, 0.05) is 21.9 Å². The number of benzene rings is 3. The van der Waals surface area contributed by atoms with Crippen LogP contribution in [0.1, 0.15) is 0 Å². The van der Waals surface area contributed by atoms with Crippen LogP contribution in [0, 0.1) is 0 Å². The smallest absolute Gasteiger partial charge is 0.263 e. The Morgan fingerprint density at radius 2 is 1.46 bits per heavy atom. The standard InChI is InChI=1S/C23H15N3OS/c27-22-21(28-23-17-11-5-6-12-18(17)24-14-25-23)20(15-8-2-1-3-9-15)16-10-4-7-13-19(16)26-22/h1-14H,(H,26,27). The molecule has 0 unspecified atom stereocenters. The Hall–Kier alpha value is -3.44. The normalized spacial score (nSPS) is 11.1. The van der Waals surface area contributed by atoms with Crippen LogP contribution >= 0.6 is 11.8 Å². The topological polar surface area (TPSA) is 58.6 Å². The van der Waals surface area contributed by atoms with Gasteiger partial charge in [-0.15, -0.1) is 0 Å². The molecule has 0 aliphatic heterocycles. The van der Waals surface area contributed by atoms with Gasteiger partial charge in [-0.3, -0.25) is 4.79 Å². The van der Waals surface area contributed by atoms with Crippen LogP contribution in [0.15, 0.2) is 99.9 Å². The quantitative estimate of drug-likeness (QED) is 0.432. The number of hydrogen-bond donors (Lipinski definition) is 1. The minimum Gasteiger partial charge on any atom is -0.321 e. The fourth-order valence-corrected chi connectivity index (χ4v) is 4.42. The molecule has 0 saturated carbocycles. The highest BCUT2D eigenvalue weighted by molar-refractivity contribution is 7.99. The molecule has 4 nitrogen and oxygen atoms in total. The summed E-state index contributed by atoms with van der Waals surface area (Å²) >= 11 is 1.39. The van der Waals surface area contributed by atoms with Gasteiger partial charge in [-0.1, -0.05) is 78.5 Å². The number of rotatable bonds is 3. The van der Waals surface area contributed by atoms with E-state index < -0.39 is 0 Å². The van der Waals surface area contributed by atoms with E-state index in [1.165, 1.54) is 11.8 Å². The van der Waals surface area contributed by atoms with E-state index in [0.717, 1.165) is 38.0 Å². The maximum atomic E-state index is 13.0. The second-order valence-corrected chi connectivity index (χ2v) is 7.37. The van der Waals surface area contributed by atoms with E-state index in [4.69, 9.17) is 0 Å². The van der Waals surface area contributed by atoms with E-state index in [2.05, 4.69) is 15.0 Å². The van der Waals surface area contributed by atoms with Gasteiger partial charge in [0.05, 0.1) is 10.4 Å². The summed E-state index contributed by atoms with van der Waals surface area (Å²) in [6.07, 6.45) is 1.54. The SMILES string of the molecule is O=c1[nH]c2ccccc2c(-c2ccccc2)c1Sc1ncnc2ccccc12. The van der Waals surface area contributed by atoms with Crippen molar-refractivity contribution >= 4 is 33.6 Å². The van der Waals surface area contributed by atoms with Gasteiger partial charge in [-0.25, -0.2) is 9.97 Å². The van der Waals surface area contributed by atoms with Crippen LogP contribution < -0.4 is 5.56 Å². The monoisotopic (exact) mass is 381 g/mol. The fourth-order valence-electron chi connectivity index (χ4n) is 3.37. The Morgan fingerprint density at radius 3 is 2.32 bits per heavy atom. The molecule has 1 N–H and O–H groups in total. The van der Waals surface area contributed by atoms with Gasteiger partial charge < -0.3 is 4.98 Å². The lowest BCUT2D eigenvalue weighted by molar-refractivity contribution is 1.09. The minimum atomic E-state index is -0.120. The molecule has 2 aromatic heterocycles. The van der Waals surface area contributed by atoms with Gasteiger partial charge in [-0.2, -0.15) is 0 Å². The number of fused-ring (bicyclic) bond motifs is 2. The molecule has 0 aliphatic carbocycles. The van der Waals surface area contributed by atoms with Crippen LogP contribution in [-0.2, 0) is 0 Å². The summed E-state index contributed by atoms with van der Waals surface area (Å²) in [5.41, 5.74) is 3.49. The first-order valence-electron chi connectivity index (χ1n) is 8.89. The summed E-state index contributed by atoms with van der Waals surface area (Å²) in [5.74, 6) is 0. The molecule has 0 fully saturated rings. The van der Waals surface area contributed by atoms with Crippen LogP contribution in [0.5, 0.6) is 0 Å². The van der Waals surface area contributed by atoms with E-state index >= 15 is 0 Å². The van der Waals surface area contributed by atoms with Gasteiger partial charge in [0.1, 0.15) is 11.4 Å². The summed E-state index contributed by atoms with van der Waals surface area (Å²) in [6.45, 7) is 0. The summed E-state index contributed by atoms with van der Waals surface area (Å²) in [6, 6.07) is 25.7. The molecule has 5 heteroatoms. The van der Waals surface area contributed by atoms with Crippen molar-refractivity contribution in [1.29, 1.82) is 0 Å². The largest absolute Gasteiger partial charge is 0.321 e. The maximum absolute atomic E-state index is 13.0. The van der Waals surface area contributed by atoms with Crippen molar-refractivity contribution in [2.24, 2.45) is 0 Å². The van der Waals surface area contributed by atoms with E-state index in [0.29, 0.717) is 4.90 Å². The Balaban J connectivity index is 1.80. The zero-order valence-corrected chi connectivity index (χ0v) is 15.6. The van der Waals surface area contributed by atoms with Crippen molar-refractivity contribution in [3.8, 4) is 11.1 Å². The third-order valence-electron chi connectivity index (χ3n) is 4.65. The maximum Gasteiger partial charge on any atom is 0.263 e. The van der Waals surface area contributed by atoms with Crippen LogP contribution in [0.3, 0.4) is 0 Å². The summed E-state index contributed by atoms with van der Waals surface area (Å²) in [4.78, 5) is 25.5. The average Bonchev–Trinajstić information content (AvgIpc) is 2.75. The lowest BCUT2D eigenvalue weighted by Crippen LogP contribution is -2.10. The molecule has 0 atom stereocenters. The van der Waals surface area contributed by atoms with E-state index in [1.807, 2.05) is 78.9 Å². The van der Waals surface area contributed by atoms with Crippen LogP contribution in [0.4, 0.5) is 0 Å². The molecule has 3 aromatic carbocycles. The highest BCUT2D eigenvalue weighted by atomic mass is 32.2. The summed E-state index contributed by atoms with van der Waals surface area (Å²) < 4.78 is 0. The Morgan fingerprint density at radius 1 is 0.750 bits per heavy atom. The molecule has 2 heterocycles. The molecule has 0 spiro atoms. The molecule has 134 valence electrons. The first-order chi connectivity index (χ1) is 13.8. The van der Waals surface area contributed by atoms with Gasteiger partial charge in [-0.05, 0) is 17.7 Å². The number of pyridine rings is 1. The Labute approximate surface area is 165 Å². The van der Waals surface area contributed by atoms with Crippen molar-refractivity contribution < 1.29 is 0 Å². The van der Waals surface area contributed by atoms with Crippen molar-refractivity contribution in [2.75, 3.05) is 0 Å². The lowest BCUT2D eigenvalue weighted by atomic mass is 10.0. The molecular formula is C23H15N3OS. The van der Waals surface area contributed by atoms with Crippen molar-refractivity contribution in [1.82, 2.24) is 15.0 Å². The predicted octanol–water partition coefficient (Wildman–Crippen LogP) is 5.29. The van der Waals surface area contributed by atoms with Gasteiger partial charge >= 0.3 is 0 Å². The number of aromatic amines is 1. The fraction of sp³-hybridized carbons (Fsp3) is 0. The predicted molar refractivity (Wildman–Crippen MR) is 114 cm³/mol. The molecule has 0 radical (unpaired) electrons. The molecule has 0 amide bonds. The van der Waals surface area contributed by atoms with Crippen LogP contribution in [-0.4, -0.2) is 15.0 Å². The van der Waals surface area contributed by atoms with E-state index in [9.17, 15) is 4.79 Å². The number of hydrogen-bond acceptors (Lipinski definition) is 4. The lowest BCUT2D eigenvalue weighted by Gasteiger charge is -2.13. The highest BCUT2D eigenvalue weighted by Gasteiger charge is 2.17. The second-order valence-electron chi connectivity index (χ2n) is 6.37. The van der Waals surface area contributed by atoms with Crippen LogP contribution in [0.25, 0.3) is 32.9 Å². The molecule has 0 aliphatic rings. The zero-order valence-electron chi connectivity index (χ0n) is 14.8. The molecule has 5 rings (SSSR count). The third-order valence-corrected chi connectivity index (χ3v) is 5.76. The Kier molecular flexibility index (Phi) is 4.14.